The quantitative estimate of drug-likeness (QED) is 0.763. The topological polar surface area (TPSA) is 46.9 Å². The summed E-state index contributed by atoms with van der Waals surface area (Å²) in [6.45, 7) is 4.70. The summed E-state index contributed by atoms with van der Waals surface area (Å²) in [5, 5.41) is 7.79. The molecular weight excluding hydrogens is 322 g/mol. The number of amides is 1. The highest BCUT2D eigenvalue weighted by Crippen LogP contribution is 2.21. The first-order valence-corrected chi connectivity index (χ1v) is 8.06. The maximum absolute atomic E-state index is 12.3. The van der Waals surface area contributed by atoms with Crippen molar-refractivity contribution in [2.45, 2.75) is 20.4 Å². The molecule has 0 aliphatic rings. The summed E-state index contributed by atoms with van der Waals surface area (Å²) in [4.78, 5) is 12.3. The number of rotatable bonds is 4. The molecule has 1 aromatic heterocycles. The Morgan fingerprint density at radius 3 is 2.46 bits per heavy atom. The van der Waals surface area contributed by atoms with Crippen LogP contribution >= 0.6 is 11.6 Å². The van der Waals surface area contributed by atoms with Crippen LogP contribution in [0.3, 0.4) is 0 Å². The van der Waals surface area contributed by atoms with Gasteiger partial charge in [0.15, 0.2) is 0 Å². The third kappa shape index (κ3) is 3.66. The molecule has 3 rings (SSSR count). The molecule has 0 aliphatic heterocycles. The van der Waals surface area contributed by atoms with Crippen LogP contribution in [0.2, 0.25) is 5.02 Å². The molecule has 0 spiro atoms. The second kappa shape index (κ2) is 6.89. The van der Waals surface area contributed by atoms with E-state index in [2.05, 4.69) is 10.4 Å². The molecule has 0 bridgehead atoms. The van der Waals surface area contributed by atoms with Gasteiger partial charge in [0.1, 0.15) is 0 Å². The number of carbonyl (C=O) groups excluding carboxylic acids is 1. The Morgan fingerprint density at radius 2 is 1.83 bits per heavy atom. The SMILES string of the molecule is Cc1cc(C)n(Cc2ccc(C(=O)Nc3ccccc3Cl)cc2)n1. The van der Waals surface area contributed by atoms with E-state index in [-0.39, 0.29) is 5.91 Å². The Kier molecular flexibility index (Phi) is 4.67. The van der Waals surface area contributed by atoms with E-state index in [9.17, 15) is 4.79 Å². The van der Waals surface area contributed by atoms with Gasteiger partial charge in [-0.1, -0.05) is 35.9 Å². The molecule has 1 heterocycles. The van der Waals surface area contributed by atoms with Crippen LogP contribution in [-0.4, -0.2) is 15.7 Å². The fourth-order valence-corrected chi connectivity index (χ4v) is 2.71. The van der Waals surface area contributed by atoms with Gasteiger partial charge >= 0.3 is 0 Å². The van der Waals surface area contributed by atoms with Crippen LogP contribution in [0.5, 0.6) is 0 Å². The molecule has 0 saturated heterocycles. The van der Waals surface area contributed by atoms with Crippen molar-refractivity contribution in [2.24, 2.45) is 0 Å². The standard InChI is InChI=1S/C19H18ClN3O/c1-13-11-14(2)23(22-13)12-15-7-9-16(10-8-15)19(24)21-18-6-4-3-5-17(18)20/h3-11H,12H2,1-2H3,(H,21,24). The molecule has 0 radical (unpaired) electrons. The number of halogens is 1. The largest absolute Gasteiger partial charge is 0.321 e. The summed E-state index contributed by atoms with van der Waals surface area (Å²) < 4.78 is 1.95. The zero-order valence-electron chi connectivity index (χ0n) is 13.6. The molecule has 3 aromatic rings. The van der Waals surface area contributed by atoms with Crippen molar-refractivity contribution in [2.75, 3.05) is 5.32 Å². The number of nitrogens with zero attached hydrogens (tertiary/aromatic N) is 2. The summed E-state index contributed by atoms with van der Waals surface area (Å²) >= 11 is 6.06. The fraction of sp³-hybridized carbons (Fsp3) is 0.158. The van der Waals surface area contributed by atoms with Crippen molar-refractivity contribution in [3.63, 3.8) is 0 Å². The Bertz CT molecular complexity index is 869. The van der Waals surface area contributed by atoms with Gasteiger partial charge in [-0.05, 0) is 49.7 Å². The van der Waals surface area contributed by atoms with Gasteiger partial charge in [-0.3, -0.25) is 9.48 Å². The van der Waals surface area contributed by atoms with Gasteiger partial charge in [0.25, 0.3) is 5.91 Å². The molecule has 0 fully saturated rings. The predicted molar refractivity (Wildman–Crippen MR) is 96.7 cm³/mol. The number of nitrogens with one attached hydrogen (secondary N) is 1. The Balaban J connectivity index is 1.71. The predicted octanol–water partition coefficient (Wildman–Crippen LogP) is 4.45. The van der Waals surface area contributed by atoms with Gasteiger partial charge in [0.05, 0.1) is 22.9 Å². The van der Waals surface area contributed by atoms with Crippen LogP contribution in [0.1, 0.15) is 27.3 Å². The van der Waals surface area contributed by atoms with Crippen molar-refractivity contribution in [1.82, 2.24) is 9.78 Å². The highest BCUT2D eigenvalue weighted by atomic mass is 35.5. The summed E-state index contributed by atoms with van der Waals surface area (Å²) in [7, 11) is 0. The van der Waals surface area contributed by atoms with E-state index in [1.165, 1.54) is 0 Å². The zero-order valence-corrected chi connectivity index (χ0v) is 14.3. The second-order valence-corrected chi connectivity index (χ2v) is 6.12. The first-order chi connectivity index (χ1) is 11.5. The van der Waals surface area contributed by atoms with Gasteiger partial charge in [0, 0.05) is 11.3 Å². The maximum atomic E-state index is 12.3. The van der Waals surface area contributed by atoms with Gasteiger partial charge in [0.2, 0.25) is 0 Å². The van der Waals surface area contributed by atoms with Gasteiger partial charge < -0.3 is 5.32 Å². The first-order valence-electron chi connectivity index (χ1n) is 7.69. The van der Waals surface area contributed by atoms with E-state index in [0.717, 1.165) is 17.0 Å². The number of anilines is 1. The van der Waals surface area contributed by atoms with E-state index in [1.807, 2.05) is 61.0 Å². The second-order valence-electron chi connectivity index (χ2n) is 5.72. The highest BCUT2D eigenvalue weighted by Gasteiger charge is 2.09. The van der Waals surface area contributed by atoms with Crippen molar-refractivity contribution in [3.05, 3.63) is 82.1 Å². The van der Waals surface area contributed by atoms with Crippen LogP contribution in [-0.2, 0) is 6.54 Å². The Hall–Kier alpha value is -2.59. The van der Waals surface area contributed by atoms with E-state index in [0.29, 0.717) is 22.8 Å². The number of hydrogen-bond acceptors (Lipinski definition) is 2. The Morgan fingerprint density at radius 1 is 1.12 bits per heavy atom. The molecule has 0 atom stereocenters. The number of hydrogen-bond donors (Lipinski definition) is 1. The van der Waals surface area contributed by atoms with Gasteiger partial charge in [-0.2, -0.15) is 5.10 Å². The van der Waals surface area contributed by atoms with Crippen LogP contribution in [0.25, 0.3) is 0 Å². The maximum Gasteiger partial charge on any atom is 0.255 e. The minimum atomic E-state index is -0.180. The minimum Gasteiger partial charge on any atom is -0.321 e. The summed E-state index contributed by atoms with van der Waals surface area (Å²) in [6, 6.07) is 16.7. The zero-order chi connectivity index (χ0) is 17.1. The summed E-state index contributed by atoms with van der Waals surface area (Å²) in [6.07, 6.45) is 0. The lowest BCUT2D eigenvalue weighted by atomic mass is 10.1. The van der Waals surface area contributed by atoms with Crippen LogP contribution in [0.4, 0.5) is 5.69 Å². The highest BCUT2D eigenvalue weighted by molar-refractivity contribution is 6.33. The number of aromatic nitrogens is 2. The average molecular weight is 340 g/mol. The van der Waals surface area contributed by atoms with Crippen LogP contribution < -0.4 is 5.32 Å². The molecule has 122 valence electrons. The fourth-order valence-electron chi connectivity index (χ4n) is 2.53. The normalized spacial score (nSPS) is 10.6. The Labute approximate surface area is 146 Å². The molecular formula is C19H18ClN3O. The van der Waals surface area contributed by atoms with Crippen LogP contribution in [0, 0.1) is 13.8 Å². The lowest BCUT2D eigenvalue weighted by Gasteiger charge is -2.08. The molecule has 24 heavy (non-hydrogen) atoms. The van der Waals surface area contributed by atoms with E-state index in [1.54, 1.807) is 12.1 Å². The lowest BCUT2D eigenvalue weighted by Crippen LogP contribution is -2.12. The number of benzene rings is 2. The molecule has 4 nitrogen and oxygen atoms in total. The smallest absolute Gasteiger partial charge is 0.255 e. The monoisotopic (exact) mass is 339 g/mol. The molecule has 5 heteroatoms. The van der Waals surface area contributed by atoms with Crippen molar-refractivity contribution in [1.29, 1.82) is 0 Å². The van der Waals surface area contributed by atoms with Gasteiger partial charge in [-0.15, -0.1) is 0 Å². The summed E-state index contributed by atoms with van der Waals surface area (Å²) in [5.74, 6) is -0.180. The molecule has 1 amide bonds. The van der Waals surface area contributed by atoms with Gasteiger partial charge in [-0.25, -0.2) is 0 Å². The lowest BCUT2D eigenvalue weighted by molar-refractivity contribution is 0.102. The van der Waals surface area contributed by atoms with E-state index < -0.39 is 0 Å². The molecule has 0 saturated carbocycles. The average Bonchev–Trinajstić information content (AvgIpc) is 2.88. The molecule has 0 aliphatic carbocycles. The number of aryl methyl sites for hydroxylation is 2. The number of carbonyl (C=O) groups is 1. The van der Waals surface area contributed by atoms with Crippen molar-refractivity contribution < 1.29 is 4.79 Å². The molecule has 1 N–H and O–H groups in total. The van der Waals surface area contributed by atoms with Crippen molar-refractivity contribution >= 4 is 23.2 Å². The van der Waals surface area contributed by atoms with E-state index in [4.69, 9.17) is 11.6 Å². The molecule has 0 unspecified atom stereocenters. The first kappa shape index (κ1) is 16.3. The van der Waals surface area contributed by atoms with Crippen LogP contribution in [0.15, 0.2) is 54.6 Å². The third-order valence-corrected chi connectivity index (χ3v) is 4.10. The van der Waals surface area contributed by atoms with Crippen molar-refractivity contribution in [3.8, 4) is 0 Å². The summed E-state index contributed by atoms with van der Waals surface area (Å²) in [5.41, 5.74) is 4.41. The van der Waals surface area contributed by atoms with E-state index >= 15 is 0 Å². The number of para-hydroxylation sites is 1. The third-order valence-electron chi connectivity index (χ3n) is 3.77. The minimum absolute atomic E-state index is 0.180. The molecule has 2 aromatic carbocycles.